The third-order valence-corrected chi connectivity index (χ3v) is 2.81. The van der Waals surface area contributed by atoms with Crippen molar-refractivity contribution in [1.82, 2.24) is 4.98 Å². The molecule has 0 fully saturated rings. The first-order chi connectivity index (χ1) is 9.66. The molecule has 104 valence electrons. The van der Waals surface area contributed by atoms with Crippen LogP contribution in [0, 0.1) is 0 Å². The Morgan fingerprint density at radius 2 is 2.10 bits per heavy atom. The molecule has 0 bridgehead atoms. The highest BCUT2D eigenvalue weighted by Crippen LogP contribution is 2.17. The van der Waals surface area contributed by atoms with Crippen molar-refractivity contribution in [3.63, 3.8) is 0 Å². The van der Waals surface area contributed by atoms with Crippen molar-refractivity contribution in [3.8, 4) is 5.75 Å². The van der Waals surface area contributed by atoms with Gasteiger partial charge in [-0.25, -0.2) is 9.78 Å². The van der Waals surface area contributed by atoms with E-state index in [2.05, 4.69) is 10.3 Å². The van der Waals surface area contributed by atoms with Gasteiger partial charge < -0.3 is 15.2 Å². The molecular formula is C14H13ClN2O3. The van der Waals surface area contributed by atoms with E-state index in [-0.39, 0.29) is 10.6 Å². The van der Waals surface area contributed by atoms with E-state index in [0.29, 0.717) is 19.0 Å². The van der Waals surface area contributed by atoms with Crippen LogP contribution < -0.4 is 10.1 Å². The summed E-state index contributed by atoms with van der Waals surface area (Å²) in [7, 11) is 0. The average molecular weight is 293 g/mol. The minimum atomic E-state index is -1.08. The number of ether oxygens (including phenoxy) is 1. The molecule has 1 aromatic carbocycles. The molecule has 1 aromatic heterocycles. The number of carboxylic acids is 1. The Morgan fingerprint density at radius 3 is 2.80 bits per heavy atom. The van der Waals surface area contributed by atoms with Crippen LogP contribution in [0.25, 0.3) is 0 Å². The number of para-hydroxylation sites is 1. The number of hydrogen-bond donors (Lipinski definition) is 2. The van der Waals surface area contributed by atoms with Gasteiger partial charge in [-0.15, -0.1) is 0 Å². The fraction of sp³-hybridized carbons (Fsp3) is 0.143. The number of benzene rings is 1. The summed E-state index contributed by atoms with van der Waals surface area (Å²) in [5.74, 6) is 0.147. The summed E-state index contributed by atoms with van der Waals surface area (Å²) in [4.78, 5) is 14.9. The second kappa shape index (κ2) is 6.77. The number of hydrogen-bond acceptors (Lipinski definition) is 4. The van der Waals surface area contributed by atoms with Crippen molar-refractivity contribution in [1.29, 1.82) is 0 Å². The van der Waals surface area contributed by atoms with E-state index in [1.165, 1.54) is 12.3 Å². The van der Waals surface area contributed by atoms with E-state index >= 15 is 0 Å². The molecule has 2 N–H and O–H groups in total. The minimum absolute atomic E-state index is 0.0214. The van der Waals surface area contributed by atoms with Crippen molar-refractivity contribution in [3.05, 3.63) is 53.2 Å². The highest BCUT2D eigenvalue weighted by molar-refractivity contribution is 6.33. The van der Waals surface area contributed by atoms with Gasteiger partial charge in [0.05, 0.1) is 17.1 Å². The molecule has 1 heterocycles. The summed E-state index contributed by atoms with van der Waals surface area (Å²) in [5, 5.41) is 12.0. The molecule has 0 radical (unpaired) electrons. The van der Waals surface area contributed by atoms with E-state index in [0.717, 1.165) is 5.75 Å². The van der Waals surface area contributed by atoms with Gasteiger partial charge in [0.15, 0.2) is 0 Å². The first-order valence-electron chi connectivity index (χ1n) is 5.97. The predicted octanol–water partition coefficient (Wildman–Crippen LogP) is 2.92. The summed E-state index contributed by atoms with van der Waals surface area (Å²) in [5.41, 5.74) is 0.0214. The Balaban J connectivity index is 1.85. The van der Waals surface area contributed by atoms with Crippen LogP contribution in [-0.4, -0.2) is 29.2 Å². The van der Waals surface area contributed by atoms with Crippen LogP contribution in [0.1, 0.15) is 10.4 Å². The van der Waals surface area contributed by atoms with Crippen molar-refractivity contribution in [2.45, 2.75) is 0 Å². The standard InChI is InChI=1S/C14H13ClN2O3/c15-12-9-17-13(8-11(12)14(18)19)16-6-7-20-10-4-2-1-3-5-10/h1-5,8-9H,6-7H2,(H,16,17)(H,18,19). The van der Waals surface area contributed by atoms with Gasteiger partial charge >= 0.3 is 5.97 Å². The molecule has 2 aromatic rings. The summed E-state index contributed by atoms with van der Waals surface area (Å²) in [6.45, 7) is 0.944. The van der Waals surface area contributed by atoms with Crippen LogP contribution >= 0.6 is 11.6 Å². The topological polar surface area (TPSA) is 71.5 Å². The van der Waals surface area contributed by atoms with Gasteiger partial charge in [0, 0.05) is 6.20 Å². The SMILES string of the molecule is O=C(O)c1cc(NCCOc2ccccc2)ncc1Cl. The van der Waals surface area contributed by atoms with Gasteiger partial charge in [0.25, 0.3) is 0 Å². The van der Waals surface area contributed by atoms with Crippen molar-refractivity contribution < 1.29 is 14.6 Å². The maximum absolute atomic E-state index is 10.9. The van der Waals surface area contributed by atoms with E-state index in [9.17, 15) is 4.79 Å². The van der Waals surface area contributed by atoms with E-state index < -0.39 is 5.97 Å². The zero-order valence-corrected chi connectivity index (χ0v) is 11.3. The second-order valence-electron chi connectivity index (χ2n) is 3.94. The van der Waals surface area contributed by atoms with Crippen LogP contribution in [0.15, 0.2) is 42.6 Å². The van der Waals surface area contributed by atoms with Crippen molar-refractivity contribution in [2.24, 2.45) is 0 Å². The predicted molar refractivity (Wildman–Crippen MR) is 76.6 cm³/mol. The number of aromatic nitrogens is 1. The Morgan fingerprint density at radius 1 is 1.35 bits per heavy atom. The van der Waals surface area contributed by atoms with Crippen LogP contribution in [-0.2, 0) is 0 Å². The number of aromatic carboxylic acids is 1. The Kier molecular flexibility index (Phi) is 4.79. The first-order valence-corrected chi connectivity index (χ1v) is 6.35. The van der Waals surface area contributed by atoms with E-state index in [1.807, 2.05) is 30.3 Å². The number of carbonyl (C=O) groups is 1. The third-order valence-electron chi connectivity index (χ3n) is 2.51. The zero-order valence-electron chi connectivity index (χ0n) is 10.5. The minimum Gasteiger partial charge on any atom is -0.492 e. The lowest BCUT2D eigenvalue weighted by atomic mass is 10.2. The van der Waals surface area contributed by atoms with Gasteiger partial charge in [0.1, 0.15) is 18.2 Å². The molecule has 0 saturated heterocycles. The van der Waals surface area contributed by atoms with Crippen LogP contribution in [0.4, 0.5) is 5.82 Å². The number of rotatable bonds is 6. The highest BCUT2D eigenvalue weighted by atomic mass is 35.5. The van der Waals surface area contributed by atoms with E-state index in [4.69, 9.17) is 21.4 Å². The lowest BCUT2D eigenvalue weighted by molar-refractivity contribution is 0.0697. The summed E-state index contributed by atoms with van der Waals surface area (Å²) in [6.07, 6.45) is 1.31. The number of nitrogens with one attached hydrogen (secondary N) is 1. The molecule has 6 heteroatoms. The van der Waals surface area contributed by atoms with Gasteiger partial charge in [-0.1, -0.05) is 29.8 Å². The van der Waals surface area contributed by atoms with Crippen molar-refractivity contribution in [2.75, 3.05) is 18.5 Å². The number of halogens is 1. The third kappa shape index (κ3) is 3.86. The monoisotopic (exact) mass is 292 g/mol. The van der Waals surface area contributed by atoms with Crippen molar-refractivity contribution >= 4 is 23.4 Å². The van der Waals surface area contributed by atoms with Gasteiger partial charge in [-0.2, -0.15) is 0 Å². The number of carboxylic acid groups (broad SMARTS) is 1. The Bertz CT molecular complexity index is 590. The lowest BCUT2D eigenvalue weighted by Gasteiger charge is -2.08. The normalized spacial score (nSPS) is 10.1. The van der Waals surface area contributed by atoms with Crippen LogP contribution in [0.5, 0.6) is 5.75 Å². The number of anilines is 1. The largest absolute Gasteiger partial charge is 0.492 e. The fourth-order valence-electron chi connectivity index (χ4n) is 1.56. The summed E-state index contributed by atoms with van der Waals surface area (Å²) in [6, 6.07) is 10.8. The molecule has 20 heavy (non-hydrogen) atoms. The molecule has 0 aliphatic carbocycles. The maximum atomic E-state index is 10.9. The molecule has 0 unspecified atom stereocenters. The molecular weight excluding hydrogens is 280 g/mol. The molecule has 0 saturated carbocycles. The number of nitrogens with zero attached hydrogens (tertiary/aromatic N) is 1. The maximum Gasteiger partial charge on any atom is 0.337 e. The second-order valence-corrected chi connectivity index (χ2v) is 4.35. The molecule has 0 aliphatic heterocycles. The van der Waals surface area contributed by atoms with Gasteiger partial charge in [-0.3, -0.25) is 0 Å². The zero-order chi connectivity index (χ0) is 14.4. The Hall–Kier alpha value is -2.27. The van der Waals surface area contributed by atoms with Gasteiger partial charge in [0.2, 0.25) is 0 Å². The molecule has 0 aliphatic rings. The van der Waals surface area contributed by atoms with Crippen LogP contribution in [0.3, 0.4) is 0 Å². The lowest BCUT2D eigenvalue weighted by Crippen LogP contribution is -2.13. The van der Waals surface area contributed by atoms with E-state index in [1.54, 1.807) is 0 Å². The molecule has 0 amide bonds. The Labute approximate surface area is 121 Å². The molecule has 0 spiro atoms. The molecule has 5 nitrogen and oxygen atoms in total. The average Bonchev–Trinajstić information content (AvgIpc) is 2.46. The summed E-state index contributed by atoms with van der Waals surface area (Å²) < 4.78 is 5.50. The van der Waals surface area contributed by atoms with Crippen LogP contribution in [0.2, 0.25) is 5.02 Å². The molecule has 0 atom stereocenters. The smallest absolute Gasteiger partial charge is 0.337 e. The quantitative estimate of drug-likeness (QED) is 0.801. The highest BCUT2D eigenvalue weighted by Gasteiger charge is 2.10. The van der Waals surface area contributed by atoms with Gasteiger partial charge in [-0.05, 0) is 18.2 Å². The summed E-state index contributed by atoms with van der Waals surface area (Å²) >= 11 is 5.74. The molecule has 2 rings (SSSR count). The first kappa shape index (κ1) is 14.1. The fourth-order valence-corrected chi connectivity index (χ4v) is 1.75. The number of pyridine rings is 1.